The first-order chi connectivity index (χ1) is 27.6. The minimum absolute atomic E-state index is 0.107. The number of nitrogens with one attached hydrogen (secondary N) is 2. The number of carbonyl (C=O) groups is 5. The van der Waals surface area contributed by atoms with Gasteiger partial charge < -0.3 is 25.4 Å². The number of aliphatic carboxylic acids is 1. The lowest BCUT2D eigenvalue weighted by atomic mass is 9.91. The minimum Gasteiger partial charge on any atom is -0.481 e. The fourth-order valence-corrected chi connectivity index (χ4v) is 8.40. The van der Waals surface area contributed by atoms with Crippen LogP contribution >= 0.6 is 11.3 Å². The van der Waals surface area contributed by atoms with Gasteiger partial charge in [-0.1, -0.05) is 108 Å². The van der Waals surface area contributed by atoms with E-state index in [1.165, 1.54) is 18.3 Å². The molecular formula is C45H63N5O7S. The highest BCUT2D eigenvalue weighted by Crippen LogP contribution is 2.32. The summed E-state index contributed by atoms with van der Waals surface area (Å²) in [5, 5.41) is 17.8. The standard InChI is InChI=1S/C45H63N5O7S/c1-9-30(5)40(48-42(53)37-17-13-14-22-49(37)8)44(54)50(26-34-15-11-10-12-16-34)38(28(2)3)25-39(57-32(7)51)43-47-36(27-58-43)41(52)46-35(23-31(6)45(55)56)24-33-20-18-29(4)19-21-33/h10-12,15-16,18-21,27-28,30-31,35,37-40H,9,13-14,17,22-26H2,1-8H3,(H,46,52)(H,48,53)(H,55,56)/t30-,31-,35+,37+,38+,39+,40-/m0/s1. The van der Waals surface area contributed by atoms with Gasteiger partial charge in [0.2, 0.25) is 11.8 Å². The Balaban J connectivity index is 1.64. The first kappa shape index (κ1) is 46.1. The Kier molecular flexibility index (Phi) is 17.4. The quantitative estimate of drug-likeness (QED) is 0.103. The number of benzene rings is 2. The van der Waals surface area contributed by atoms with Gasteiger partial charge >= 0.3 is 11.9 Å². The molecule has 0 radical (unpaired) electrons. The number of rotatable bonds is 20. The molecule has 0 bridgehead atoms. The average Bonchev–Trinajstić information content (AvgIpc) is 3.69. The normalized spacial score (nSPS) is 17.6. The summed E-state index contributed by atoms with van der Waals surface area (Å²) in [7, 11) is 1.95. The van der Waals surface area contributed by atoms with Crippen molar-refractivity contribution in [3.05, 3.63) is 87.4 Å². The zero-order chi connectivity index (χ0) is 42.5. The molecule has 0 spiro atoms. The largest absolute Gasteiger partial charge is 0.481 e. The maximum atomic E-state index is 15.0. The van der Waals surface area contributed by atoms with E-state index < -0.39 is 48.0 Å². The lowest BCUT2D eigenvalue weighted by Crippen LogP contribution is -2.58. The monoisotopic (exact) mass is 817 g/mol. The van der Waals surface area contributed by atoms with Gasteiger partial charge in [0.05, 0.1) is 12.0 Å². The number of aromatic nitrogens is 1. The maximum Gasteiger partial charge on any atom is 0.306 e. The molecule has 12 nitrogen and oxygen atoms in total. The van der Waals surface area contributed by atoms with Gasteiger partial charge in [0, 0.05) is 37.4 Å². The van der Waals surface area contributed by atoms with Crippen molar-refractivity contribution < 1.29 is 33.8 Å². The van der Waals surface area contributed by atoms with Crippen LogP contribution in [-0.4, -0.2) is 87.3 Å². The highest BCUT2D eigenvalue weighted by Gasteiger charge is 2.39. The molecule has 58 heavy (non-hydrogen) atoms. The van der Waals surface area contributed by atoms with Gasteiger partial charge in [0.25, 0.3) is 5.91 Å². The molecule has 2 aromatic carbocycles. The summed E-state index contributed by atoms with van der Waals surface area (Å²) >= 11 is 1.19. The molecule has 13 heteroatoms. The second kappa shape index (κ2) is 21.9. The zero-order valence-corrected chi connectivity index (χ0v) is 36.2. The molecule has 316 valence electrons. The molecule has 0 saturated carbocycles. The molecular weight excluding hydrogens is 755 g/mol. The highest BCUT2D eigenvalue weighted by molar-refractivity contribution is 7.09. The predicted molar refractivity (Wildman–Crippen MR) is 226 cm³/mol. The molecule has 4 rings (SSSR count). The van der Waals surface area contributed by atoms with Crippen molar-refractivity contribution >= 4 is 41.0 Å². The van der Waals surface area contributed by atoms with E-state index >= 15 is 0 Å². The van der Waals surface area contributed by atoms with Crippen molar-refractivity contribution in [1.82, 2.24) is 25.4 Å². The fourth-order valence-electron chi connectivity index (χ4n) is 7.56. The lowest BCUT2D eigenvalue weighted by Gasteiger charge is -2.40. The van der Waals surface area contributed by atoms with Crippen LogP contribution in [0.2, 0.25) is 0 Å². The van der Waals surface area contributed by atoms with Crippen LogP contribution in [0.3, 0.4) is 0 Å². The summed E-state index contributed by atoms with van der Waals surface area (Å²) in [6.07, 6.45) is 3.36. The van der Waals surface area contributed by atoms with E-state index in [0.29, 0.717) is 17.8 Å². The van der Waals surface area contributed by atoms with Gasteiger partial charge in [-0.15, -0.1) is 11.3 Å². The Morgan fingerprint density at radius 2 is 1.66 bits per heavy atom. The summed E-state index contributed by atoms with van der Waals surface area (Å²) in [5.74, 6) is -3.25. The van der Waals surface area contributed by atoms with E-state index in [-0.39, 0.29) is 54.8 Å². The second-order valence-electron chi connectivity index (χ2n) is 16.4. The zero-order valence-electron chi connectivity index (χ0n) is 35.4. The molecule has 1 aliphatic rings. The highest BCUT2D eigenvalue weighted by atomic mass is 32.1. The molecule has 7 atom stereocenters. The maximum absolute atomic E-state index is 15.0. The minimum atomic E-state index is -0.947. The van der Waals surface area contributed by atoms with E-state index in [9.17, 15) is 29.1 Å². The Morgan fingerprint density at radius 3 is 2.26 bits per heavy atom. The van der Waals surface area contributed by atoms with Crippen molar-refractivity contribution in [3.63, 3.8) is 0 Å². The van der Waals surface area contributed by atoms with Gasteiger partial charge in [-0.05, 0) is 69.2 Å². The van der Waals surface area contributed by atoms with Gasteiger partial charge in [0.1, 0.15) is 16.7 Å². The molecule has 0 unspecified atom stereocenters. The van der Waals surface area contributed by atoms with Crippen LogP contribution in [0.5, 0.6) is 0 Å². The van der Waals surface area contributed by atoms with Gasteiger partial charge in [-0.25, -0.2) is 4.98 Å². The number of carboxylic acids is 1. The summed E-state index contributed by atoms with van der Waals surface area (Å²) in [6, 6.07) is 15.6. The Hall–Kier alpha value is -4.62. The van der Waals surface area contributed by atoms with Crippen LogP contribution in [0, 0.1) is 24.7 Å². The number of piperidine rings is 1. The van der Waals surface area contributed by atoms with Gasteiger partial charge in [-0.2, -0.15) is 0 Å². The lowest BCUT2D eigenvalue weighted by molar-refractivity contribution is -0.150. The number of esters is 1. The fraction of sp³-hybridized carbons (Fsp3) is 0.556. The molecule has 1 saturated heterocycles. The number of likely N-dealkylation sites (N-methyl/N-ethyl adjacent to an activating group) is 1. The van der Waals surface area contributed by atoms with Crippen molar-refractivity contribution in [2.45, 2.75) is 130 Å². The van der Waals surface area contributed by atoms with Crippen molar-refractivity contribution in [3.8, 4) is 0 Å². The molecule has 3 aromatic rings. The van der Waals surface area contributed by atoms with Crippen LogP contribution in [0.15, 0.2) is 60.0 Å². The summed E-state index contributed by atoms with van der Waals surface area (Å²) in [4.78, 5) is 75.5. The first-order valence-corrected chi connectivity index (χ1v) is 21.5. The van der Waals surface area contributed by atoms with E-state index in [1.54, 1.807) is 12.3 Å². The molecule has 1 aliphatic heterocycles. The SMILES string of the molecule is CC[C@H](C)[C@H](NC(=O)[C@H]1CCCCN1C)C(=O)N(Cc1ccccc1)[C@H](C[C@@H](OC(C)=O)c1nc(C(=O)N[C@@H](Cc2ccc(C)cc2)C[C@H](C)C(=O)O)cs1)C(C)C. The topological polar surface area (TPSA) is 158 Å². The molecule has 0 aliphatic carbocycles. The van der Waals surface area contributed by atoms with Crippen LogP contribution in [0.4, 0.5) is 0 Å². The molecule has 1 fully saturated rings. The van der Waals surface area contributed by atoms with Crippen LogP contribution in [-0.2, 0) is 36.9 Å². The number of thiazole rings is 1. The number of hydrogen-bond donors (Lipinski definition) is 3. The second-order valence-corrected chi connectivity index (χ2v) is 17.3. The Bertz CT molecular complexity index is 1820. The number of amides is 3. The molecule has 3 amide bonds. The molecule has 2 heterocycles. The number of nitrogens with zero attached hydrogens (tertiary/aromatic N) is 3. The molecule has 1 aromatic heterocycles. The van der Waals surface area contributed by atoms with E-state index in [0.717, 1.165) is 42.5 Å². The number of carbonyl (C=O) groups excluding carboxylic acids is 4. The van der Waals surface area contributed by atoms with Crippen molar-refractivity contribution in [2.75, 3.05) is 13.6 Å². The summed E-state index contributed by atoms with van der Waals surface area (Å²) in [6.45, 7) is 14.0. The number of carboxylic acid groups (broad SMARTS) is 1. The first-order valence-electron chi connectivity index (χ1n) is 20.6. The van der Waals surface area contributed by atoms with Crippen LogP contribution < -0.4 is 10.6 Å². The van der Waals surface area contributed by atoms with E-state index in [1.807, 2.05) is 101 Å². The van der Waals surface area contributed by atoms with Crippen LogP contribution in [0.25, 0.3) is 0 Å². The number of likely N-dealkylation sites (tertiary alicyclic amines) is 1. The average molecular weight is 818 g/mol. The third kappa shape index (κ3) is 13.2. The van der Waals surface area contributed by atoms with Crippen LogP contribution in [0.1, 0.15) is 118 Å². The number of ether oxygens (including phenoxy) is 1. The van der Waals surface area contributed by atoms with Gasteiger partial charge in [0.15, 0.2) is 6.10 Å². The van der Waals surface area contributed by atoms with Crippen molar-refractivity contribution in [1.29, 1.82) is 0 Å². The van der Waals surface area contributed by atoms with E-state index in [2.05, 4.69) is 20.5 Å². The third-order valence-electron chi connectivity index (χ3n) is 11.3. The Morgan fingerprint density at radius 1 is 0.966 bits per heavy atom. The smallest absolute Gasteiger partial charge is 0.306 e. The Labute approximate surface area is 348 Å². The van der Waals surface area contributed by atoms with E-state index in [4.69, 9.17) is 4.74 Å². The predicted octanol–water partition coefficient (Wildman–Crippen LogP) is 6.97. The third-order valence-corrected chi connectivity index (χ3v) is 12.2. The summed E-state index contributed by atoms with van der Waals surface area (Å²) in [5.41, 5.74) is 3.10. The summed E-state index contributed by atoms with van der Waals surface area (Å²) < 4.78 is 5.92. The number of aryl methyl sites for hydroxylation is 1. The van der Waals surface area contributed by atoms with Crippen molar-refractivity contribution in [2.24, 2.45) is 17.8 Å². The number of hydrogen-bond acceptors (Lipinski definition) is 9. The molecule has 3 N–H and O–H groups in total. The van der Waals surface area contributed by atoms with Gasteiger partial charge in [-0.3, -0.25) is 28.9 Å².